The van der Waals surface area contributed by atoms with Crippen LogP contribution in [-0.2, 0) is 17.7 Å². The van der Waals surface area contributed by atoms with Crippen LogP contribution < -0.4 is 20.1 Å². The maximum absolute atomic E-state index is 12.5. The molecule has 0 unspecified atom stereocenters. The molecule has 4 rings (SSSR count). The molecule has 0 aliphatic carbocycles. The molecule has 0 saturated heterocycles. The Morgan fingerprint density at radius 3 is 2.78 bits per heavy atom. The topological polar surface area (TPSA) is 68.8 Å². The van der Waals surface area contributed by atoms with Crippen LogP contribution in [0, 0.1) is 0 Å². The van der Waals surface area contributed by atoms with Gasteiger partial charge in [-0.1, -0.05) is 18.2 Å². The lowest BCUT2D eigenvalue weighted by atomic mass is 9.92. The average Bonchev–Trinajstić information content (AvgIpc) is 3.08. The zero-order chi connectivity index (χ0) is 19.0. The fourth-order valence-corrected chi connectivity index (χ4v) is 3.43. The van der Waals surface area contributed by atoms with Gasteiger partial charge in [-0.2, -0.15) is 0 Å². The normalized spacial score (nSPS) is 15.2. The molecule has 2 aromatic carbocycles. The number of carbonyl (C=O) groups excluding carboxylic acids is 1. The molecule has 0 bridgehead atoms. The van der Waals surface area contributed by atoms with Crippen molar-refractivity contribution in [2.45, 2.75) is 39.3 Å². The van der Waals surface area contributed by atoms with Gasteiger partial charge in [0.15, 0.2) is 11.5 Å². The molecule has 2 N–H and O–H groups in total. The highest BCUT2D eigenvalue weighted by molar-refractivity contribution is 5.94. The van der Waals surface area contributed by atoms with Gasteiger partial charge in [-0.05, 0) is 62.6 Å². The van der Waals surface area contributed by atoms with Gasteiger partial charge in [0.05, 0.1) is 5.69 Å². The van der Waals surface area contributed by atoms with Gasteiger partial charge >= 0.3 is 6.09 Å². The summed E-state index contributed by atoms with van der Waals surface area (Å²) in [6.07, 6.45) is 0.398. The van der Waals surface area contributed by atoms with E-state index in [0.29, 0.717) is 0 Å². The molecule has 0 fully saturated rings. The van der Waals surface area contributed by atoms with Crippen LogP contribution in [0.25, 0.3) is 11.1 Å². The van der Waals surface area contributed by atoms with Crippen molar-refractivity contribution in [3.05, 3.63) is 41.5 Å². The summed E-state index contributed by atoms with van der Waals surface area (Å²) >= 11 is 0. The zero-order valence-electron chi connectivity index (χ0n) is 15.8. The van der Waals surface area contributed by atoms with Crippen molar-refractivity contribution in [3.8, 4) is 22.6 Å². The second-order valence-electron chi connectivity index (χ2n) is 7.75. The molecule has 2 aliphatic heterocycles. The lowest BCUT2D eigenvalue weighted by molar-refractivity contribution is 0.0636. The molecule has 2 aliphatic rings. The summed E-state index contributed by atoms with van der Waals surface area (Å²) in [6, 6.07) is 9.98. The van der Waals surface area contributed by atoms with Crippen LogP contribution in [0.1, 0.15) is 31.9 Å². The second kappa shape index (κ2) is 6.78. The molecule has 1 amide bonds. The van der Waals surface area contributed by atoms with Gasteiger partial charge in [0, 0.05) is 12.1 Å². The summed E-state index contributed by atoms with van der Waals surface area (Å²) in [6.45, 7) is 7.47. The number of ether oxygens (including phenoxy) is 3. The van der Waals surface area contributed by atoms with Crippen molar-refractivity contribution in [1.82, 2.24) is 5.32 Å². The summed E-state index contributed by atoms with van der Waals surface area (Å²) in [5.74, 6) is 1.46. The number of amides is 1. The quantitative estimate of drug-likeness (QED) is 0.836. The molecule has 2 heterocycles. The molecule has 0 spiro atoms. The smallest absolute Gasteiger partial charge is 0.412 e. The first-order valence-electron chi connectivity index (χ1n) is 9.16. The molecular weight excluding hydrogens is 344 g/mol. The number of benzene rings is 2. The van der Waals surface area contributed by atoms with Gasteiger partial charge in [0.2, 0.25) is 6.79 Å². The largest absolute Gasteiger partial charge is 0.454 e. The number of fused-ring (bicyclic) bond motifs is 2. The van der Waals surface area contributed by atoms with E-state index in [9.17, 15) is 4.79 Å². The molecule has 0 atom stereocenters. The Morgan fingerprint density at radius 1 is 1.15 bits per heavy atom. The van der Waals surface area contributed by atoms with E-state index < -0.39 is 11.7 Å². The Balaban J connectivity index is 1.76. The lowest BCUT2D eigenvalue weighted by Gasteiger charge is -2.25. The third-order valence-corrected chi connectivity index (χ3v) is 4.59. The molecular formula is C21H24N2O4. The molecule has 27 heavy (non-hydrogen) atoms. The van der Waals surface area contributed by atoms with E-state index in [4.69, 9.17) is 14.2 Å². The number of rotatable bonds is 2. The number of carbonyl (C=O) groups is 1. The summed E-state index contributed by atoms with van der Waals surface area (Å²) < 4.78 is 16.4. The molecule has 142 valence electrons. The second-order valence-corrected chi connectivity index (χ2v) is 7.75. The monoisotopic (exact) mass is 368 g/mol. The van der Waals surface area contributed by atoms with Crippen LogP contribution in [-0.4, -0.2) is 25.0 Å². The average molecular weight is 368 g/mol. The minimum Gasteiger partial charge on any atom is -0.454 e. The Bertz CT molecular complexity index is 886. The first-order chi connectivity index (χ1) is 12.9. The van der Waals surface area contributed by atoms with Gasteiger partial charge < -0.3 is 19.5 Å². The fourth-order valence-electron chi connectivity index (χ4n) is 3.43. The van der Waals surface area contributed by atoms with E-state index in [2.05, 4.69) is 16.7 Å². The Hall–Kier alpha value is -2.73. The highest BCUT2D eigenvalue weighted by atomic mass is 16.7. The van der Waals surface area contributed by atoms with Crippen LogP contribution in [0.4, 0.5) is 10.5 Å². The Morgan fingerprint density at radius 2 is 1.96 bits per heavy atom. The van der Waals surface area contributed by atoms with Crippen molar-refractivity contribution in [3.63, 3.8) is 0 Å². The highest BCUT2D eigenvalue weighted by Gasteiger charge is 2.23. The van der Waals surface area contributed by atoms with Crippen LogP contribution in [0.5, 0.6) is 11.5 Å². The lowest BCUT2D eigenvalue weighted by Crippen LogP contribution is -2.29. The third-order valence-electron chi connectivity index (χ3n) is 4.59. The number of anilines is 1. The Labute approximate surface area is 158 Å². The standard InChI is InChI=1S/C21H24N2O4/c1-21(2,3)27-20(24)23-19-15(6-4-14-11-22-9-8-16(14)19)13-5-7-17-18(10-13)26-12-25-17/h4-7,10,22H,8-9,11-12H2,1-3H3,(H,23,24). The summed E-state index contributed by atoms with van der Waals surface area (Å²) in [5.41, 5.74) is 4.50. The molecule has 2 aromatic rings. The first-order valence-corrected chi connectivity index (χ1v) is 9.16. The summed E-state index contributed by atoms with van der Waals surface area (Å²) in [4.78, 5) is 12.5. The van der Waals surface area contributed by atoms with Crippen molar-refractivity contribution in [2.24, 2.45) is 0 Å². The summed E-state index contributed by atoms with van der Waals surface area (Å²) in [7, 11) is 0. The zero-order valence-corrected chi connectivity index (χ0v) is 15.8. The highest BCUT2D eigenvalue weighted by Crippen LogP contribution is 2.40. The van der Waals surface area contributed by atoms with Crippen LogP contribution in [0.3, 0.4) is 0 Å². The van der Waals surface area contributed by atoms with E-state index in [-0.39, 0.29) is 6.79 Å². The maximum atomic E-state index is 12.5. The van der Waals surface area contributed by atoms with E-state index in [1.165, 1.54) is 5.56 Å². The fraction of sp³-hybridized carbons (Fsp3) is 0.381. The van der Waals surface area contributed by atoms with E-state index >= 15 is 0 Å². The summed E-state index contributed by atoms with van der Waals surface area (Å²) in [5, 5.41) is 6.37. The molecule has 0 aromatic heterocycles. The Kier molecular flexibility index (Phi) is 4.44. The van der Waals surface area contributed by atoms with Gasteiger partial charge in [-0.25, -0.2) is 4.79 Å². The van der Waals surface area contributed by atoms with E-state index in [0.717, 1.165) is 53.4 Å². The van der Waals surface area contributed by atoms with E-state index in [1.807, 2.05) is 45.0 Å². The van der Waals surface area contributed by atoms with Gasteiger partial charge in [0.25, 0.3) is 0 Å². The van der Waals surface area contributed by atoms with Gasteiger partial charge in [0.1, 0.15) is 5.60 Å². The molecule has 6 heteroatoms. The SMILES string of the molecule is CC(C)(C)OC(=O)Nc1c(-c2ccc3c(c2)OCO3)ccc2c1CCNC2. The molecule has 0 saturated carbocycles. The van der Waals surface area contributed by atoms with Crippen molar-refractivity contribution >= 4 is 11.8 Å². The predicted molar refractivity (Wildman–Crippen MR) is 103 cm³/mol. The number of hydrogen-bond acceptors (Lipinski definition) is 5. The molecule has 6 nitrogen and oxygen atoms in total. The van der Waals surface area contributed by atoms with Crippen molar-refractivity contribution in [2.75, 3.05) is 18.7 Å². The third kappa shape index (κ3) is 3.71. The van der Waals surface area contributed by atoms with Crippen molar-refractivity contribution in [1.29, 1.82) is 0 Å². The van der Waals surface area contributed by atoms with E-state index in [1.54, 1.807) is 0 Å². The number of hydrogen-bond donors (Lipinski definition) is 2. The maximum Gasteiger partial charge on any atom is 0.412 e. The van der Waals surface area contributed by atoms with Crippen LogP contribution in [0.15, 0.2) is 30.3 Å². The minimum absolute atomic E-state index is 0.234. The van der Waals surface area contributed by atoms with Gasteiger partial charge in [-0.3, -0.25) is 5.32 Å². The van der Waals surface area contributed by atoms with Crippen LogP contribution in [0.2, 0.25) is 0 Å². The van der Waals surface area contributed by atoms with Gasteiger partial charge in [-0.15, -0.1) is 0 Å². The van der Waals surface area contributed by atoms with Crippen molar-refractivity contribution < 1.29 is 19.0 Å². The number of nitrogens with one attached hydrogen (secondary N) is 2. The van der Waals surface area contributed by atoms with Crippen LogP contribution >= 0.6 is 0 Å². The first kappa shape index (κ1) is 17.7. The minimum atomic E-state index is -0.556. The molecule has 0 radical (unpaired) electrons. The predicted octanol–water partition coefficient (Wildman–Crippen LogP) is 4.08.